The van der Waals surface area contributed by atoms with Gasteiger partial charge in [-0.1, -0.05) is 318 Å². The molecule has 0 aliphatic carbocycles. The number of esters is 4. The molecule has 602 valence electrons. The fourth-order valence-corrected chi connectivity index (χ4v) is 12.8. The second kappa shape index (κ2) is 77.1. The third-order valence-corrected chi connectivity index (χ3v) is 19.4. The number of aliphatic hydroxyl groups is 1. The number of phosphoric acid groups is 2. The van der Waals surface area contributed by atoms with E-state index < -0.39 is 97.5 Å². The molecule has 104 heavy (non-hydrogen) atoms. The number of carbonyl (C=O) groups is 4. The zero-order valence-electron chi connectivity index (χ0n) is 65.9. The van der Waals surface area contributed by atoms with Gasteiger partial charge in [0.05, 0.1) is 26.4 Å². The third kappa shape index (κ3) is 76.2. The van der Waals surface area contributed by atoms with Gasteiger partial charge in [-0.25, -0.2) is 9.13 Å². The summed E-state index contributed by atoms with van der Waals surface area (Å²) in [5.41, 5.74) is 0. The van der Waals surface area contributed by atoms with Gasteiger partial charge >= 0.3 is 39.5 Å². The topological polar surface area (TPSA) is 237 Å². The zero-order chi connectivity index (χ0) is 76.0. The number of rotatable bonds is 78. The molecule has 3 N–H and O–H groups in total. The van der Waals surface area contributed by atoms with Gasteiger partial charge < -0.3 is 33.8 Å². The monoisotopic (exact) mass is 1510 g/mol. The normalized spacial score (nSPS) is 14.3. The highest BCUT2D eigenvalue weighted by molar-refractivity contribution is 7.47. The van der Waals surface area contributed by atoms with E-state index >= 15 is 0 Å². The summed E-state index contributed by atoms with van der Waals surface area (Å²) in [7, 11) is -9.97. The second-order valence-corrected chi connectivity index (χ2v) is 30.6. The molecule has 0 spiro atoms. The lowest BCUT2D eigenvalue weighted by atomic mass is 10.0. The summed E-state index contributed by atoms with van der Waals surface area (Å²) in [5.74, 6) is -2.26. The molecule has 0 aromatic carbocycles. The second-order valence-electron chi connectivity index (χ2n) is 27.7. The van der Waals surface area contributed by atoms with Crippen LogP contribution in [0.25, 0.3) is 0 Å². The molecule has 0 rings (SSSR count). The predicted molar refractivity (Wildman–Crippen MR) is 427 cm³/mol. The summed E-state index contributed by atoms with van der Waals surface area (Å²) in [6, 6.07) is 0. The smallest absolute Gasteiger partial charge is 0.462 e. The predicted octanol–water partition coefficient (Wildman–Crippen LogP) is 24.3. The fraction of sp³-hybridized carbons (Fsp3) is 0.765. The number of hydrogen-bond donors (Lipinski definition) is 3. The maximum atomic E-state index is 13.1. The van der Waals surface area contributed by atoms with Crippen LogP contribution < -0.4 is 0 Å². The Kier molecular flexibility index (Phi) is 74.2. The highest BCUT2D eigenvalue weighted by Crippen LogP contribution is 2.45. The number of unbranched alkanes of at least 4 members (excludes halogenated alkanes) is 36. The van der Waals surface area contributed by atoms with Crippen LogP contribution in [0.1, 0.15) is 362 Å². The van der Waals surface area contributed by atoms with Gasteiger partial charge in [-0.05, 0) is 116 Å². The number of ether oxygens (including phenoxy) is 4. The van der Waals surface area contributed by atoms with Crippen molar-refractivity contribution in [3.63, 3.8) is 0 Å². The van der Waals surface area contributed by atoms with Crippen LogP contribution in [0.3, 0.4) is 0 Å². The summed E-state index contributed by atoms with van der Waals surface area (Å²) < 4.78 is 68.6. The van der Waals surface area contributed by atoms with Crippen molar-refractivity contribution < 1.29 is 80.2 Å². The summed E-state index contributed by atoms with van der Waals surface area (Å²) in [6.45, 7) is 4.71. The minimum absolute atomic E-state index is 0.0383. The lowest BCUT2D eigenvalue weighted by molar-refractivity contribution is -0.161. The van der Waals surface area contributed by atoms with E-state index in [-0.39, 0.29) is 25.7 Å². The van der Waals surface area contributed by atoms with Crippen LogP contribution in [0, 0.1) is 0 Å². The summed E-state index contributed by atoms with van der Waals surface area (Å²) in [4.78, 5) is 73.1. The minimum Gasteiger partial charge on any atom is -0.462 e. The lowest BCUT2D eigenvalue weighted by Crippen LogP contribution is -2.30. The van der Waals surface area contributed by atoms with Crippen LogP contribution in [0.4, 0.5) is 0 Å². The maximum absolute atomic E-state index is 13.1. The van der Waals surface area contributed by atoms with E-state index in [0.29, 0.717) is 32.1 Å². The number of phosphoric ester groups is 2. The third-order valence-electron chi connectivity index (χ3n) is 17.5. The Hall–Kier alpha value is -4.02. The zero-order valence-corrected chi connectivity index (χ0v) is 67.7. The van der Waals surface area contributed by atoms with Crippen LogP contribution >= 0.6 is 15.6 Å². The minimum atomic E-state index is -4.99. The van der Waals surface area contributed by atoms with Crippen molar-refractivity contribution >= 4 is 39.5 Å². The largest absolute Gasteiger partial charge is 0.472 e. The molecule has 0 amide bonds. The molecule has 17 nitrogen and oxygen atoms in total. The molecule has 0 aromatic rings. The number of carbonyl (C=O) groups excluding carboxylic acids is 4. The number of allylic oxidation sites excluding steroid dienone is 16. The van der Waals surface area contributed by atoms with Gasteiger partial charge in [0, 0.05) is 25.7 Å². The molecule has 0 saturated heterocycles. The van der Waals surface area contributed by atoms with Crippen LogP contribution in [-0.2, 0) is 65.4 Å². The average molecular weight is 1510 g/mol. The van der Waals surface area contributed by atoms with E-state index in [1.54, 1.807) is 0 Å². The van der Waals surface area contributed by atoms with Crippen molar-refractivity contribution in [1.82, 2.24) is 0 Å². The van der Waals surface area contributed by atoms with Gasteiger partial charge in [0.2, 0.25) is 0 Å². The SMILES string of the molecule is CC/C=C\C/C=C\C/C=C\C/C=C\C/C=C\C/C=C\CCC(=O)OC[C@H](COP(=O)(O)OC[C@@H](O)COP(=O)(O)OC[C@@H](COC(=O)CCCCCCCCC/C=C\CCCCCC)OC(=O)CCCCCCCCC/C=C\CCCCCC)OC(=O)CCCCCCCCCCCCCCCCC. The van der Waals surface area contributed by atoms with Gasteiger partial charge in [0.15, 0.2) is 12.2 Å². The van der Waals surface area contributed by atoms with Crippen molar-refractivity contribution in [2.75, 3.05) is 39.6 Å². The molecular formula is C85H150O17P2. The van der Waals surface area contributed by atoms with E-state index in [2.05, 4.69) is 113 Å². The Morgan fingerprint density at radius 2 is 0.519 bits per heavy atom. The van der Waals surface area contributed by atoms with Crippen molar-refractivity contribution in [2.45, 2.75) is 380 Å². The Balaban J connectivity index is 5.40. The molecule has 0 bridgehead atoms. The average Bonchev–Trinajstić information content (AvgIpc) is 0.918. The molecule has 0 heterocycles. The van der Waals surface area contributed by atoms with Gasteiger partial charge in [0.1, 0.15) is 19.3 Å². The molecule has 0 radical (unpaired) electrons. The molecule has 19 heteroatoms. The molecule has 0 saturated carbocycles. The van der Waals surface area contributed by atoms with E-state index in [9.17, 15) is 43.2 Å². The summed E-state index contributed by atoms with van der Waals surface area (Å²) in [5, 5.41) is 10.7. The molecule has 0 aliphatic heterocycles. The fourth-order valence-electron chi connectivity index (χ4n) is 11.2. The highest BCUT2D eigenvalue weighted by atomic mass is 31.2. The van der Waals surface area contributed by atoms with E-state index in [4.69, 9.17) is 37.0 Å². The van der Waals surface area contributed by atoms with E-state index in [0.717, 1.165) is 148 Å². The highest BCUT2D eigenvalue weighted by Gasteiger charge is 2.30. The van der Waals surface area contributed by atoms with Crippen LogP contribution in [0.15, 0.2) is 97.2 Å². The standard InChI is InChI=1S/C85H150O17P2/c1-5-9-13-17-21-25-29-33-37-38-39-40-44-46-50-54-58-62-66-70-83(88)96-76-81(102-85(90)72-68-64-60-56-52-48-43-36-32-28-24-20-16-12-8-4)78-100-104(93,94)98-74-79(86)73-97-103(91,92)99-77-80(101-84(89)71-67-63-59-55-51-47-42-35-31-27-23-19-15-11-7-3)75-95-82(87)69-65-61-57-53-49-45-41-34-30-26-22-18-14-10-6-2/h9,13,21,25-27,30-31,33,37,39-40,46,50,58,62,79-81,86H,5-8,10-12,14-20,22-24,28-29,32,34-36,38,41-45,47-49,51-57,59-61,63-78H2,1-4H3,(H,91,92)(H,93,94)/b13-9-,25-21-,30-26-,31-27-,37-33-,40-39-,50-46-,62-58-/t79-,80+,81+/m0/s1. The van der Waals surface area contributed by atoms with Crippen LogP contribution in [0.5, 0.6) is 0 Å². The van der Waals surface area contributed by atoms with Gasteiger partial charge in [-0.15, -0.1) is 0 Å². The molecule has 0 fully saturated rings. The van der Waals surface area contributed by atoms with E-state index in [1.807, 2.05) is 12.2 Å². The summed E-state index contributed by atoms with van der Waals surface area (Å²) >= 11 is 0. The van der Waals surface area contributed by atoms with Gasteiger partial charge in [-0.3, -0.25) is 37.3 Å². The van der Waals surface area contributed by atoms with Crippen molar-refractivity contribution in [2.24, 2.45) is 0 Å². The first-order valence-corrected chi connectivity index (χ1v) is 44.5. The summed E-state index contributed by atoms with van der Waals surface area (Å²) in [6.07, 6.45) is 82.4. The molecule has 0 aromatic heterocycles. The molecule has 5 atom stereocenters. The molecule has 2 unspecified atom stereocenters. The number of hydrogen-bond acceptors (Lipinski definition) is 15. The van der Waals surface area contributed by atoms with E-state index in [1.165, 1.54) is 128 Å². The molecular weight excluding hydrogens is 1350 g/mol. The Morgan fingerprint density at radius 3 is 0.837 bits per heavy atom. The lowest BCUT2D eigenvalue weighted by Gasteiger charge is -2.21. The Labute approximate surface area is 633 Å². The number of aliphatic hydroxyl groups excluding tert-OH is 1. The quantitative estimate of drug-likeness (QED) is 0.0169. The first-order valence-electron chi connectivity index (χ1n) is 41.5. The Bertz CT molecular complexity index is 2350. The first-order chi connectivity index (χ1) is 50.7. The van der Waals surface area contributed by atoms with Crippen LogP contribution in [-0.4, -0.2) is 96.7 Å². The maximum Gasteiger partial charge on any atom is 0.472 e. The molecule has 0 aliphatic rings. The van der Waals surface area contributed by atoms with Crippen molar-refractivity contribution in [3.8, 4) is 0 Å². The first kappa shape index (κ1) is 100.0. The van der Waals surface area contributed by atoms with Crippen molar-refractivity contribution in [1.29, 1.82) is 0 Å². The van der Waals surface area contributed by atoms with Crippen LogP contribution in [0.2, 0.25) is 0 Å². The van der Waals surface area contributed by atoms with Crippen molar-refractivity contribution in [3.05, 3.63) is 97.2 Å². The van der Waals surface area contributed by atoms with Gasteiger partial charge in [-0.2, -0.15) is 0 Å². The Morgan fingerprint density at radius 1 is 0.279 bits per heavy atom. The van der Waals surface area contributed by atoms with Gasteiger partial charge in [0.25, 0.3) is 0 Å².